The van der Waals surface area contributed by atoms with E-state index in [9.17, 15) is 9.59 Å². The molecular formula is C10H10BrClN4O2. The second kappa shape index (κ2) is 5.64. The monoisotopic (exact) mass is 332 g/mol. The number of piperazine rings is 1. The molecule has 0 spiro atoms. The highest BCUT2D eigenvalue weighted by Crippen LogP contribution is 2.22. The number of anilines is 1. The fourth-order valence-corrected chi connectivity index (χ4v) is 1.96. The van der Waals surface area contributed by atoms with Gasteiger partial charge in [0.25, 0.3) is 0 Å². The number of nitrogens with one attached hydrogen (secondary N) is 3. The number of rotatable bonds is 2. The highest BCUT2D eigenvalue weighted by atomic mass is 79.9. The summed E-state index contributed by atoms with van der Waals surface area (Å²) in [6, 6.07) is 1.19. The van der Waals surface area contributed by atoms with Gasteiger partial charge in [-0.3, -0.25) is 14.9 Å². The quantitative estimate of drug-likeness (QED) is 0.689. The molecule has 1 aromatic heterocycles. The first kappa shape index (κ1) is 13.3. The smallest absolute Gasteiger partial charge is 0.243 e. The normalized spacial score (nSPS) is 19.2. The molecule has 18 heavy (non-hydrogen) atoms. The standard InChI is InChI=1S/C10H10BrClN4O2/c11-5-1-6(9(12)15-2-5)16-10(18)7-3-14-8(17)4-13-7/h1-2,7,13H,3-4H2,(H,14,17)(H,16,18). The molecule has 2 amide bonds. The lowest BCUT2D eigenvalue weighted by Crippen LogP contribution is -2.56. The number of carbonyl (C=O) groups is 2. The number of hydrogen-bond donors (Lipinski definition) is 3. The van der Waals surface area contributed by atoms with Crippen LogP contribution in [0.2, 0.25) is 5.15 Å². The SMILES string of the molecule is O=C1CNC(C(=O)Nc2cc(Br)cnc2Cl)CN1. The van der Waals surface area contributed by atoms with E-state index in [0.29, 0.717) is 10.2 Å². The van der Waals surface area contributed by atoms with Crippen LogP contribution >= 0.6 is 27.5 Å². The molecule has 6 nitrogen and oxygen atoms in total. The molecule has 1 aromatic rings. The van der Waals surface area contributed by atoms with Gasteiger partial charge in [-0.25, -0.2) is 4.98 Å². The zero-order valence-corrected chi connectivity index (χ0v) is 11.5. The van der Waals surface area contributed by atoms with Crippen LogP contribution < -0.4 is 16.0 Å². The number of halogens is 2. The van der Waals surface area contributed by atoms with Crippen LogP contribution in [-0.2, 0) is 9.59 Å². The zero-order chi connectivity index (χ0) is 13.1. The minimum absolute atomic E-state index is 0.124. The van der Waals surface area contributed by atoms with E-state index >= 15 is 0 Å². The van der Waals surface area contributed by atoms with Crippen LogP contribution in [0.3, 0.4) is 0 Å². The molecule has 0 bridgehead atoms. The third kappa shape index (κ3) is 3.18. The van der Waals surface area contributed by atoms with Crippen molar-refractivity contribution < 1.29 is 9.59 Å². The van der Waals surface area contributed by atoms with Gasteiger partial charge in [-0.1, -0.05) is 11.6 Å². The minimum Gasteiger partial charge on any atom is -0.353 e. The molecule has 2 rings (SSSR count). The van der Waals surface area contributed by atoms with Crippen LogP contribution in [0.1, 0.15) is 0 Å². The van der Waals surface area contributed by atoms with Crippen molar-refractivity contribution in [1.29, 1.82) is 0 Å². The van der Waals surface area contributed by atoms with E-state index in [1.54, 1.807) is 6.07 Å². The number of carbonyl (C=O) groups excluding carboxylic acids is 2. The maximum absolute atomic E-state index is 11.9. The number of amides is 2. The van der Waals surface area contributed by atoms with Crippen molar-refractivity contribution in [3.8, 4) is 0 Å². The Morgan fingerprint density at radius 3 is 3.06 bits per heavy atom. The van der Waals surface area contributed by atoms with Crippen molar-refractivity contribution in [2.75, 3.05) is 18.4 Å². The van der Waals surface area contributed by atoms with Gasteiger partial charge in [-0.05, 0) is 22.0 Å². The van der Waals surface area contributed by atoms with Gasteiger partial charge in [0.15, 0.2) is 5.15 Å². The average molecular weight is 334 g/mol. The van der Waals surface area contributed by atoms with E-state index in [2.05, 4.69) is 36.9 Å². The summed E-state index contributed by atoms with van der Waals surface area (Å²) < 4.78 is 0.715. The molecule has 1 unspecified atom stereocenters. The van der Waals surface area contributed by atoms with Crippen LogP contribution in [-0.4, -0.2) is 35.9 Å². The molecule has 1 fully saturated rings. The third-order valence-corrected chi connectivity index (χ3v) is 3.13. The lowest BCUT2D eigenvalue weighted by Gasteiger charge is -2.23. The van der Waals surface area contributed by atoms with Crippen molar-refractivity contribution in [3.05, 3.63) is 21.9 Å². The van der Waals surface area contributed by atoms with Crippen LogP contribution in [0, 0.1) is 0 Å². The van der Waals surface area contributed by atoms with E-state index in [0.717, 1.165) is 0 Å². The molecule has 3 N–H and O–H groups in total. The largest absolute Gasteiger partial charge is 0.353 e. The van der Waals surface area contributed by atoms with Crippen molar-refractivity contribution in [1.82, 2.24) is 15.6 Å². The second-order valence-electron chi connectivity index (χ2n) is 3.72. The van der Waals surface area contributed by atoms with E-state index in [1.807, 2.05) is 0 Å². The van der Waals surface area contributed by atoms with E-state index in [-0.39, 0.29) is 30.1 Å². The Labute approximate surface area is 117 Å². The first-order valence-electron chi connectivity index (χ1n) is 5.18. The fraction of sp³-hybridized carbons (Fsp3) is 0.300. The molecule has 1 saturated heterocycles. The number of nitrogens with zero attached hydrogens (tertiary/aromatic N) is 1. The highest BCUT2D eigenvalue weighted by molar-refractivity contribution is 9.10. The molecule has 96 valence electrons. The first-order valence-corrected chi connectivity index (χ1v) is 6.35. The number of pyridine rings is 1. The Hall–Kier alpha value is -1.18. The lowest BCUT2D eigenvalue weighted by molar-refractivity contribution is -0.124. The van der Waals surface area contributed by atoms with Crippen LogP contribution in [0.4, 0.5) is 5.69 Å². The van der Waals surface area contributed by atoms with Gasteiger partial charge >= 0.3 is 0 Å². The van der Waals surface area contributed by atoms with Crippen molar-refractivity contribution in [3.63, 3.8) is 0 Å². The van der Waals surface area contributed by atoms with Gasteiger partial charge < -0.3 is 10.6 Å². The van der Waals surface area contributed by atoms with Crippen LogP contribution in [0.25, 0.3) is 0 Å². The number of aromatic nitrogens is 1. The maximum Gasteiger partial charge on any atom is 0.243 e. The Morgan fingerprint density at radius 2 is 2.39 bits per heavy atom. The Balaban J connectivity index is 2.02. The summed E-state index contributed by atoms with van der Waals surface area (Å²) in [4.78, 5) is 26.8. The van der Waals surface area contributed by atoms with E-state index in [4.69, 9.17) is 11.6 Å². The Bertz CT molecular complexity index is 487. The van der Waals surface area contributed by atoms with E-state index in [1.165, 1.54) is 6.20 Å². The second-order valence-corrected chi connectivity index (χ2v) is 4.99. The van der Waals surface area contributed by atoms with Crippen molar-refractivity contribution >= 4 is 45.0 Å². The molecule has 2 heterocycles. The summed E-state index contributed by atoms with van der Waals surface area (Å²) >= 11 is 9.11. The lowest BCUT2D eigenvalue weighted by atomic mass is 10.2. The molecule has 0 aliphatic carbocycles. The fourth-order valence-electron chi connectivity index (χ4n) is 1.48. The molecule has 1 aliphatic rings. The summed E-state index contributed by atoms with van der Waals surface area (Å²) in [5.74, 6) is -0.391. The summed E-state index contributed by atoms with van der Waals surface area (Å²) in [7, 11) is 0. The average Bonchev–Trinajstić information content (AvgIpc) is 2.34. The van der Waals surface area contributed by atoms with Gasteiger partial charge in [-0.15, -0.1) is 0 Å². The predicted octanol–water partition coefficient (Wildman–Crippen LogP) is 0.524. The van der Waals surface area contributed by atoms with Crippen LogP contribution in [0.15, 0.2) is 16.7 Å². The highest BCUT2D eigenvalue weighted by Gasteiger charge is 2.24. The Kier molecular flexibility index (Phi) is 4.15. The molecule has 0 saturated carbocycles. The summed E-state index contributed by atoms with van der Waals surface area (Å²) in [6.07, 6.45) is 1.54. The Morgan fingerprint density at radius 1 is 1.61 bits per heavy atom. The summed E-state index contributed by atoms with van der Waals surface area (Å²) in [6.45, 7) is 0.381. The van der Waals surface area contributed by atoms with Gasteiger partial charge in [0, 0.05) is 17.2 Å². The summed E-state index contributed by atoms with van der Waals surface area (Å²) in [5.41, 5.74) is 0.426. The third-order valence-electron chi connectivity index (χ3n) is 2.39. The topological polar surface area (TPSA) is 83.1 Å². The number of hydrogen-bond acceptors (Lipinski definition) is 4. The van der Waals surface area contributed by atoms with Gasteiger partial charge in [-0.2, -0.15) is 0 Å². The first-order chi connectivity index (χ1) is 8.56. The van der Waals surface area contributed by atoms with Gasteiger partial charge in [0.2, 0.25) is 11.8 Å². The molecule has 0 radical (unpaired) electrons. The van der Waals surface area contributed by atoms with Gasteiger partial charge in [0.1, 0.15) is 6.04 Å². The van der Waals surface area contributed by atoms with Crippen LogP contribution in [0.5, 0.6) is 0 Å². The summed E-state index contributed by atoms with van der Waals surface area (Å²) in [5, 5.41) is 8.30. The van der Waals surface area contributed by atoms with Gasteiger partial charge in [0.05, 0.1) is 12.2 Å². The maximum atomic E-state index is 11.9. The van der Waals surface area contributed by atoms with Crippen molar-refractivity contribution in [2.24, 2.45) is 0 Å². The minimum atomic E-state index is -0.474. The molecule has 1 atom stereocenters. The predicted molar refractivity (Wildman–Crippen MR) is 70.4 cm³/mol. The molecule has 1 aliphatic heterocycles. The zero-order valence-electron chi connectivity index (χ0n) is 9.17. The van der Waals surface area contributed by atoms with Crippen molar-refractivity contribution in [2.45, 2.75) is 6.04 Å². The molecule has 0 aromatic carbocycles. The molecular weight excluding hydrogens is 323 g/mol. The molecule has 8 heteroatoms. The van der Waals surface area contributed by atoms with E-state index < -0.39 is 6.04 Å².